The lowest BCUT2D eigenvalue weighted by molar-refractivity contribution is -0.131. The summed E-state index contributed by atoms with van der Waals surface area (Å²) in [4.78, 5) is 25.6. The van der Waals surface area contributed by atoms with Gasteiger partial charge in [-0.15, -0.1) is 0 Å². The molecule has 2 aromatic carbocycles. The van der Waals surface area contributed by atoms with E-state index in [0.29, 0.717) is 12.8 Å². The van der Waals surface area contributed by atoms with Gasteiger partial charge in [-0.1, -0.05) is 24.3 Å². The van der Waals surface area contributed by atoms with Crippen LogP contribution in [0.3, 0.4) is 0 Å². The van der Waals surface area contributed by atoms with E-state index in [1.165, 1.54) is 22.0 Å². The fourth-order valence-electron chi connectivity index (χ4n) is 4.71. The largest absolute Gasteiger partial charge is 0.348 e. The maximum atomic E-state index is 13.1. The molecule has 0 aromatic heterocycles. The molecule has 182 valence electrons. The molecule has 7 nitrogen and oxygen atoms in total. The highest BCUT2D eigenvalue weighted by Crippen LogP contribution is 2.29. The number of amides is 2. The SMILES string of the molecule is CC(NC(=O)C1CCN(S(=O)(=O)c2ccc(F)cc2)CC1)C(=O)NC1CCCc2ccccc21. The van der Waals surface area contributed by atoms with Gasteiger partial charge in [0.25, 0.3) is 0 Å². The van der Waals surface area contributed by atoms with Crippen LogP contribution in [0, 0.1) is 11.7 Å². The number of carbonyl (C=O) groups excluding carboxylic acids is 2. The van der Waals surface area contributed by atoms with Crippen LogP contribution < -0.4 is 10.6 Å². The molecule has 2 aromatic rings. The Kier molecular flexibility index (Phi) is 7.33. The molecule has 4 rings (SSSR count). The quantitative estimate of drug-likeness (QED) is 0.655. The zero-order valence-corrected chi connectivity index (χ0v) is 20.0. The Balaban J connectivity index is 1.29. The maximum absolute atomic E-state index is 13.1. The fourth-order valence-corrected chi connectivity index (χ4v) is 6.18. The summed E-state index contributed by atoms with van der Waals surface area (Å²) < 4.78 is 40.0. The summed E-state index contributed by atoms with van der Waals surface area (Å²) in [5.41, 5.74) is 2.38. The van der Waals surface area contributed by atoms with Crippen molar-refractivity contribution in [3.8, 4) is 0 Å². The second-order valence-electron chi connectivity index (χ2n) is 9.01. The lowest BCUT2D eigenvalue weighted by Gasteiger charge is -2.31. The molecule has 34 heavy (non-hydrogen) atoms. The van der Waals surface area contributed by atoms with Crippen LogP contribution in [0.1, 0.15) is 49.8 Å². The number of halogens is 1. The number of hydrogen-bond donors (Lipinski definition) is 2. The van der Waals surface area contributed by atoms with Gasteiger partial charge in [0.1, 0.15) is 11.9 Å². The smallest absolute Gasteiger partial charge is 0.243 e. The molecule has 9 heteroatoms. The number of carbonyl (C=O) groups is 2. The highest BCUT2D eigenvalue weighted by Gasteiger charge is 2.33. The van der Waals surface area contributed by atoms with Gasteiger partial charge in [-0.3, -0.25) is 9.59 Å². The van der Waals surface area contributed by atoms with Crippen molar-refractivity contribution < 1.29 is 22.4 Å². The minimum Gasteiger partial charge on any atom is -0.348 e. The molecule has 0 bridgehead atoms. The monoisotopic (exact) mass is 487 g/mol. The Labute approximate surface area is 199 Å². The van der Waals surface area contributed by atoms with Crippen LogP contribution in [0.25, 0.3) is 0 Å². The van der Waals surface area contributed by atoms with Crippen molar-refractivity contribution in [1.82, 2.24) is 14.9 Å². The molecule has 1 heterocycles. The van der Waals surface area contributed by atoms with E-state index < -0.39 is 21.9 Å². The van der Waals surface area contributed by atoms with Gasteiger partial charge in [-0.25, -0.2) is 12.8 Å². The van der Waals surface area contributed by atoms with Crippen molar-refractivity contribution in [2.45, 2.75) is 56.0 Å². The number of benzene rings is 2. The number of hydrogen-bond acceptors (Lipinski definition) is 4. The van der Waals surface area contributed by atoms with E-state index in [4.69, 9.17) is 0 Å². The first-order valence-corrected chi connectivity index (χ1v) is 13.1. The van der Waals surface area contributed by atoms with Crippen molar-refractivity contribution in [1.29, 1.82) is 0 Å². The van der Waals surface area contributed by atoms with E-state index in [1.54, 1.807) is 6.92 Å². The maximum Gasteiger partial charge on any atom is 0.243 e. The van der Waals surface area contributed by atoms with Crippen LogP contribution in [-0.4, -0.2) is 43.7 Å². The van der Waals surface area contributed by atoms with E-state index in [0.717, 1.165) is 37.0 Å². The normalized spacial score (nSPS) is 20.2. The first-order valence-electron chi connectivity index (χ1n) is 11.7. The standard InChI is InChI=1S/C25H30FN3O4S/c1-17(24(30)28-23-8-4-6-18-5-2-3-7-22(18)23)27-25(31)19-13-15-29(16-14-19)34(32,33)21-11-9-20(26)10-12-21/h2-3,5,7,9-12,17,19,23H,4,6,8,13-16H2,1H3,(H,27,31)(H,28,30). The van der Waals surface area contributed by atoms with E-state index in [-0.39, 0.29) is 41.8 Å². The summed E-state index contributed by atoms with van der Waals surface area (Å²) in [6.45, 7) is 2.05. The molecule has 2 N–H and O–H groups in total. The van der Waals surface area contributed by atoms with Crippen LogP contribution in [-0.2, 0) is 26.0 Å². The molecule has 1 fully saturated rings. The Morgan fingerprint density at radius 3 is 2.41 bits per heavy atom. The number of piperidine rings is 1. The van der Waals surface area contributed by atoms with Crippen LogP contribution in [0.4, 0.5) is 4.39 Å². The summed E-state index contributed by atoms with van der Waals surface area (Å²) in [7, 11) is -3.73. The minimum absolute atomic E-state index is 0.0337. The Hall–Kier alpha value is -2.78. The third-order valence-electron chi connectivity index (χ3n) is 6.71. The average Bonchev–Trinajstić information content (AvgIpc) is 2.84. The molecular weight excluding hydrogens is 457 g/mol. The molecular formula is C25H30FN3O4S. The van der Waals surface area contributed by atoms with Gasteiger partial charge in [-0.05, 0) is 74.4 Å². The molecule has 2 amide bonds. The van der Waals surface area contributed by atoms with Gasteiger partial charge < -0.3 is 10.6 Å². The van der Waals surface area contributed by atoms with Crippen LogP contribution in [0.5, 0.6) is 0 Å². The summed E-state index contributed by atoms with van der Waals surface area (Å²) in [6, 6.07) is 12.1. The van der Waals surface area contributed by atoms with E-state index in [2.05, 4.69) is 16.7 Å². The average molecular weight is 488 g/mol. The van der Waals surface area contributed by atoms with E-state index >= 15 is 0 Å². The number of sulfonamides is 1. The van der Waals surface area contributed by atoms with E-state index in [9.17, 15) is 22.4 Å². The summed E-state index contributed by atoms with van der Waals surface area (Å²) in [5.74, 6) is -1.34. The van der Waals surface area contributed by atoms with Crippen molar-refractivity contribution in [2.24, 2.45) is 5.92 Å². The van der Waals surface area contributed by atoms with Crippen molar-refractivity contribution in [3.05, 3.63) is 65.5 Å². The summed E-state index contributed by atoms with van der Waals surface area (Å²) in [6.07, 6.45) is 3.59. The van der Waals surface area contributed by atoms with Gasteiger partial charge in [-0.2, -0.15) is 4.31 Å². The topological polar surface area (TPSA) is 95.6 Å². The predicted octanol–water partition coefficient (Wildman–Crippen LogP) is 2.92. The molecule has 2 unspecified atom stereocenters. The Bertz CT molecular complexity index is 1150. The second-order valence-corrected chi connectivity index (χ2v) is 11.0. The van der Waals surface area contributed by atoms with E-state index in [1.807, 2.05) is 18.2 Å². The second kappa shape index (κ2) is 10.2. The number of aryl methyl sites for hydroxylation is 1. The van der Waals surface area contributed by atoms with Crippen molar-refractivity contribution in [3.63, 3.8) is 0 Å². The van der Waals surface area contributed by atoms with Gasteiger partial charge >= 0.3 is 0 Å². The molecule has 1 saturated heterocycles. The first-order chi connectivity index (χ1) is 16.3. The highest BCUT2D eigenvalue weighted by molar-refractivity contribution is 7.89. The fraction of sp³-hybridized carbons (Fsp3) is 0.440. The minimum atomic E-state index is -3.73. The summed E-state index contributed by atoms with van der Waals surface area (Å²) >= 11 is 0. The van der Waals surface area contributed by atoms with Gasteiger partial charge in [0.15, 0.2) is 0 Å². The molecule has 2 aliphatic rings. The molecule has 1 aliphatic carbocycles. The predicted molar refractivity (Wildman–Crippen MR) is 126 cm³/mol. The molecule has 0 radical (unpaired) electrons. The highest BCUT2D eigenvalue weighted by atomic mass is 32.2. The number of nitrogens with zero attached hydrogens (tertiary/aromatic N) is 1. The molecule has 0 spiro atoms. The first kappa shape index (κ1) is 24.3. The van der Waals surface area contributed by atoms with Crippen molar-refractivity contribution in [2.75, 3.05) is 13.1 Å². The third-order valence-corrected chi connectivity index (χ3v) is 8.63. The van der Waals surface area contributed by atoms with Crippen LogP contribution >= 0.6 is 0 Å². The molecule has 2 atom stereocenters. The van der Waals surface area contributed by atoms with Crippen molar-refractivity contribution >= 4 is 21.8 Å². The summed E-state index contributed by atoms with van der Waals surface area (Å²) in [5, 5.41) is 5.86. The lowest BCUT2D eigenvalue weighted by atomic mass is 9.87. The van der Waals surface area contributed by atoms with Gasteiger partial charge in [0.05, 0.1) is 10.9 Å². The zero-order chi connectivity index (χ0) is 24.3. The van der Waals surface area contributed by atoms with Crippen LogP contribution in [0.2, 0.25) is 0 Å². The lowest BCUT2D eigenvalue weighted by Crippen LogP contribution is -2.49. The molecule has 0 saturated carbocycles. The number of rotatable bonds is 6. The molecule has 1 aliphatic heterocycles. The number of nitrogens with one attached hydrogen (secondary N) is 2. The Morgan fingerprint density at radius 2 is 1.71 bits per heavy atom. The number of fused-ring (bicyclic) bond motifs is 1. The third kappa shape index (κ3) is 5.31. The Morgan fingerprint density at radius 1 is 1.03 bits per heavy atom. The van der Waals surface area contributed by atoms with Gasteiger partial charge in [0.2, 0.25) is 21.8 Å². The van der Waals surface area contributed by atoms with Gasteiger partial charge in [0, 0.05) is 19.0 Å². The van der Waals surface area contributed by atoms with Crippen LogP contribution in [0.15, 0.2) is 53.4 Å². The zero-order valence-electron chi connectivity index (χ0n) is 19.2.